The van der Waals surface area contributed by atoms with Crippen LogP contribution in [0.5, 0.6) is 0 Å². The Morgan fingerprint density at radius 1 is 1.12 bits per heavy atom. The number of H-pyrrole nitrogens is 1. The Bertz CT molecular complexity index is 1480. The van der Waals surface area contributed by atoms with Crippen LogP contribution in [0, 0.1) is 5.95 Å². The van der Waals surface area contributed by atoms with Gasteiger partial charge in [0.05, 0.1) is 27.3 Å². The molecule has 1 N–H and O–H groups in total. The molecule has 9 heteroatoms. The van der Waals surface area contributed by atoms with Crippen LogP contribution in [-0.2, 0) is 0 Å². The minimum atomic E-state index is -0.469. The second-order valence-corrected chi connectivity index (χ2v) is 8.02. The Morgan fingerprint density at radius 2 is 2.00 bits per heavy atom. The number of fused-ring (bicyclic) bond motifs is 1. The lowest BCUT2D eigenvalue weighted by Gasteiger charge is -2.17. The van der Waals surface area contributed by atoms with E-state index in [2.05, 4.69) is 42.5 Å². The molecule has 4 heterocycles. The minimum absolute atomic E-state index is 0.423. The molecule has 1 aliphatic rings. The highest BCUT2D eigenvalue weighted by Crippen LogP contribution is 2.37. The van der Waals surface area contributed by atoms with Crippen LogP contribution in [0.4, 0.5) is 4.39 Å². The van der Waals surface area contributed by atoms with Gasteiger partial charge in [-0.25, -0.2) is 0 Å². The fourth-order valence-electron chi connectivity index (χ4n) is 3.92. The lowest BCUT2D eigenvalue weighted by Crippen LogP contribution is -1.98. The van der Waals surface area contributed by atoms with Crippen molar-refractivity contribution in [3.05, 3.63) is 94.4 Å². The maximum atomic E-state index is 14.3. The van der Waals surface area contributed by atoms with Crippen molar-refractivity contribution in [2.75, 3.05) is 6.54 Å². The first kappa shape index (κ1) is 21.8. The molecule has 0 amide bonds. The molecule has 5 rings (SSSR count). The Hall–Kier alpha value is -4.04. The number of benzene rings is 1. The summed E-state index contributed by atoms with van der Waals surface area (Å²) >= 11 is 6.53. The zero-order valence-corrected chi connectivity index (χ0v) is 19.0. The zero-order chi connectivity index (χ0) is 23.5. The van der Waals surface area contributed by atoms with E-state index in [1.165, 1.54) is 0 Å². The minimum Gasteiger partial charge on any atom is -0.263 e. The van der Waals surface area contributed by atoms with Gasteiger partial charge in [-0.3, -0.25) is 15.1 Å². The molecule has 0 saturated heterocycles. The number of aromatic nitrogens is 4. The molecule has 0 radical (unpaired) electrons. The van der Waals surface area contributed by atoms with Crippen LogP contribution in [0.3, 0.4) is 0 Å². The second kappa shape index (κ2) is 9.44. The number of pyridine rings is 2. The van der Waals surface area contributed by atoms with E-state index in [0.29, 0.717) is 28.9 Å². The largest absolute Gasteiger partial charge is 0.263 e. The summed E-state index contributed by atoms with van der Waals surface area (Å²) < 4.78 is 14.3. The molecule has 3 aromatic heterocycles. The van der Waals surface area contributed by atoms with Crippen LogP contribution in [-0.4, -0.2) is 32.4 Å². The molecule has 0 saturated carbocycles. The zero-order valence-electron chi connectivity index (χ0n) is 18.2. The third-order valence-corrected chi connectivity index (χ3v) is 5.84. The number of rotatable bonds is 6. The third kappa shape index (κ3) is 4.27. The van der Waals surface area contributed by atoms with Crippen molar-refractivity contribution in [3.8, 4) is 0 Å². The molecule has 0 aliphatic carbocycles. The monoisotopic (exact) mass is 471 g/mol. The normalized spacial score (nSPS) is 14.1. The van der Waals surface area contributed by atoms with Crippen LogP contribution >= 0.6 is 11.6 Å². The van der Waals surface area contributed by atoms with Gasteiger partial charge in [0.1, 0.15) is 6.54 Å². The van der Waals surface area contributed by atoms with E-state index in [0.717, 1.165) is 39.2 Å². The average Bonchev–Trinajstić information content (AvgIpc) is 3.52. The van der Waals surface area contributed by atoms with Crippen molar-refractivity contribution >= 4 is 45.4 Å². The van der Waals surface area contributed by atoms with Crippen molar-refractivity contribution < 1.29 is 4.39 Å². The smallest absolute Gasteiger partial charge is 0.216 e. The van der Waals surface area contributed by atoms with E-state index < -0.39 is 5.95 Å². The summed E-state index contributed by atoms with van der Waals surface area (Å²) in [5, 5.41) is 18.8. The van der Waals surface area contributed by atoms with Gasteiger partial charge in [-0.1, -0.05) is 30.7 Å². The molecule has 0 unspecified atom stereocenters. The van der Waals surface area contributed by atoms with Crippen molar-refractivity contribution in [3.63, 3.8) is 0 Å². The fraction of sp³-hybridized carbons (Fsp3) is 0.120. The predicted octanol–water partition coefficient (Wildman–Crippen LogP) is 6.35. The molecule has 168 valence electrons. The Balaban J connectivity index is 1.64. The van der Waals surface area contributed by atoms with E-state index in [1.54, 1.807) is 30.7 Å². The van der Waals surface area contributed by atoms with Crippen molar-refractivity contribution in [2.24, 2.45) is 15.4 Å². The third-order valence-electron chi connectivity index (χ3n) is 5.54. The molecule has 1 aliphatic heterocycles. The van der Waals surface area contributed by atoms with E-state index in [-0.39, 0.29) is 0 Å². The molecule has 4 aromatic rings. The molecular weight excluding hydrogens is 453 g/mol. The highest BCUT2D eigenvalue weighted by Gasteiger charge is 2.17. The highest BCUT2D eigenvalue weighted by molar-refractivity contribution is 6.32. The summed E-state index contributed by atoms with van der Waals surface area (Å²) in [7, 11) is 0. The van der Waals surface area contributed by atoms with Crippen LogP contribution in [0.1, 0.15) is 35.7 Å². The van der Waals surface area contributed by atoms with Gasteiger partial charge in [0.25, 0.3) is 0 Å². The maximum absolute atomic E-state index is 14.3. The van der Waals surface area contributed by atoms with Crippen LogP contribution in [0.25, 0.3) is 28.1 Å². The van der Waals surface area contributed by atoms with Gasteiger partial charge in [-0.15, -0.1) is 5.10 Å². The van der Waals surface area contributed by atoms with Gasteiger partial charge < -0.3 is 0 Å². The van der Waals surface area contributed by atoms with Crippen LogP contribution in [0.2, 0.25) is 5.02 Å². The number of nitrogens with zero attached hydrogens (tertiary/aromatic N) is 6. The molecule has 0 bridgehead atoms. The van der Waals surface area contributed by atoms with Gasteiger partial charge in [-0.2, -0.15) is 14.6 Å². The number of halogens is 2. The number of aromatic amines is 1. The average molecular weight is 472 g/mol. The summed E-state index contributed by atoms with van der Waals surface area (Å²) in [6.07, 6.45) is 9.56. The van der Waals surface area contributed by atoms with Crippen LogP contribution < -0.4 is 0 Å². The lowest BCUT2D eigenvalue weighted by atomic mass is 9.88. The molecule has 1 aromatic carbocycles. The van der Waals surface area contributed by atoms with Gasteiger partial charge >= 0.3 is 0 Å². The van der Waals surface area contributed by atoms with Gasteiger partial charge in [0.2, 0.25) is 5.95 Å². The first-order valence-corrected chi connectivity index (χ1v) is 11.1. The fourth-order valence-corrected chi connectivity index (χ4v) is 4.15. The van der Waals surface area contributed by atoms with Gasteiger partial charge in [0, 0.05) is 24.2 Å². The quantitative estimate of drug-likeness (QED) is 0.355. The summed E-state index contributed by atoms with van der Waals surface area (Å²) in [5.74, 6) is -0.469. The molecule has 0 atom stereocenters. The number of allylic oxidation sites excluding steroid dienone is 1. The summed E-state index contributed by atoms with van der Waals surface area (Å²) in [6.45, 7) is 2.53. The Kier molecular flexibility index (Phi) is 6.05. The first-order chi connectivity index (χ1) is 16.6. The molecule has 7 nitrogen and oxygen atoms in total. The van der Waals surface area contributed by atoms with E-state index >= 15 is 0 Å². The second-order valence-electron chi connectivity index (χ2n) is 7.62. The lowest BCUT2D eigenvalue weighted by molar-refractivity contribution is 0.588. The standard InChI is InChI=1S/C25H19ClFN7/c1-2-19(20-9-10-28-14-22(20)26)24(15-4-8-23-21(11-15)25(27)33-32-23)16-3-5-17(29-12-16)6-7-18-13-30-34-31-18/h3-12,14H,2,13H2,1H3,(H,32,33)/b7-6+,24-19-. The first-order valence-electron chi connectivity index (χ1n) is 10.7. The van der Waals surface area contributed by atoms with Crippen molar-refractivity contribution in [2.45, 2.75) is 13.3 Å². The molecule has 0 fully saturated rings. The van der Waals surface area contributed by atoms with E-state index in [1.807, 2.05) is 36.4 Å². The van der Waals surface area contributed by atoms with Gasteiger partial charge in [-0.05, 0) is 70.3 Å². The van der Waals surface area contributed by atoms with E-state index in [4.69, 9.17) is 11.6 Å². The number of hydrogen-bond donors (Lipinski definition) is 1. The predicted molar refractivity (Wildman–Crippen MR) is 132 cm³/mol. The van der Waals surface area contributed by atoms with Crippen molar-refractivity contribution in [1.82, 2.24) is 20.2 Å². The maximum Gasteiger partial charge on any atom is 0.216 e. The van der Waals surface area contributed by atoms with Crippen molar-refractivity contribution in [1.29, 1.82) is 0 Å². The summed E-state index contributed by atoms with van der Waals surface area (Å²) in [4.78, 5) is 8.73. The highest BCUT2D eigenvalue weighted by atomic mass is 35.5. The van der Waals surface area contributed by atoms with Crippen LogP contribution in [0.15, 0.2) is 76.5 Å². The Morgan fingerprint density at radius 3 is 2.74 bits per heavy atom. The number of nitrogens with one attached hydrogen (secondary N) is 1. The van der Waals surface area contributed by atoms with E-state index in [9.17, 15) is 4.39 Å². The molecular formula is C25H19ClFN7. The van der Waals surface area contributed by atoms with Gasteiger partial charge in [0.15, 0.2) is 0 Å². The summed E-state index contributed by atoms with van der Waals surface area (Å²) in [5.41, 5.74) is 6.63. The summed E-state index contributed by atoms with van der Waals surface area (Å²) in [6, 6.07) is 11.3. The molecule has 0 spiro atoms. The SMILES string of the molecule is CC/C(=C(/c1ccc(/C=C/C2=NN=NC2)nc1)c1ccc2n[nH]c(F)c2c1)c1ccncc1Cl. The topological polar surface area (TPSA) is 91.5 Å². The number of hydrogen-bond acceptors (Lipinski definition) is 6. The Labute approximate surface area is 199 Å². The molecule has 34 heavy (non-hydrogen) atoms.